The van der Waals surface area contributed by atoms with Gasteiger partial charge in [0.15, 0.2) is 0 Å². The predicted molar refractivity (Wildman–Crippen MR) is 73.2 cm³/mol. The Balaban J connectivity index is 2.30. The van der Waals surface area contributed by atoms with Crippen LogP contribution in [-0.2, 0) is 0 Å². The van der Waals surface area contributed by atoms with Gasteiger partial charge < -0.3 is 5.11 Å². The lowest BCUT2D eigenvalue weighted by molar-refractivity contribution is 0.465. The van der Waals surface area contributed by atoms with Crippen molar-refractivity contribution in [3.8, 4) is 5.75 Å². The molecular formula is C14H21BrO. The Labute approximate surface area is 107 Å². The summed E-state index contributed by atoms with van der Waals surface area (Å²) < 4.78 is 0. The number of benzene rings is 1. The minimum atomic E-state index is 0.287. The predicted octanol–water partition coefficient (Wildman–Crippen LogP) is 5.19. The Hall–Kier alpha value is -0.500. The van der Waals surface area contributed by atoms with E-state index in [0.717, 1.165) is 12.0 Å². The van der Waals surface area contributed by atoms with Gasteiger partial charge in [0.2, 0.25) is 0 Å². The second-order valence-corrected chi connectivity index (χ2v) is 5.33. The van der Waals surface area contributed by atoms with Gasteiger partial charge in [0.25, 0.3) is 0 Å². The van der Waals surface area contributed by atoms with Gasteiger partial charge in [-0.1, -0.05) is 73.2 Å². The van der Waals surface area contributed by atoms with Gasteiger partial charge in [-0.25, -0.2) is 0 Å². The van der Waals surface area contributed by atoms with Gasteiger partial charge in [0.05, 0.1) is 0 Å². The summed E-state index contributed by atoms with van der Waals surface area (Å²) in [5, 5.41) is 9.69. The van der Waals surface area contributed by atoms with E-state index < -0.39 is 0 Å². The van der Waals surface area contributed by atoms with Gasteiger partial charge in [-0.3, -0.25) is 0 Å². The maximum atomic E-state index is 9.69. The maximum Gasteiger partial charge on any atom is 0.119 e. The normalized spacial score (nSPS) is 12.6. The van der Waals surface area contributed by atoms with E-state index in [9.17, 15) is 5.11 Å². The summed E-state index contributed by atoms with van der Waals surface area (Å²) in [5.74, 6) is 0.401. The smallest absolute Gasteiger partial charge is 0.119 e. The molecular weight excluding hydrogens is 264 g/mol. The third kappa shape index (κ3) is 4.56. The Morgan fingerprint density at radius 2 is 1.81 bits per heavy atom. The topological polar surface area (TPSA) is 20.2 Å². The van der Waals surface area contributed by atoms with Crippen LogP contribution in [0.15, 0.2) is 24.3 Å². The van der Waals surface area contributed by atoms with E-state index in [1.54, 1.807) is 6.07 Å². The molecule has 0 saturated heterocycles. The zero-order chi connectivity index (χ0) is 11.8. The third-order valence-corrected chi connectivity index (χ3v) is 3.79. The minimum Gasteiger partial charge on any atom is -0.508 e. The molecule has 0 fully saturated rings. The standard InChI is InChI=1S/C14H21BrO/c1-2-3-4-5-6-10-13(15)12-9-7-8-11-14(12)16/h7-9,11,13,16H,2-6,10H2,1H3. The van der Waals surface area contributed by atoms with Crippen LogP contribution in [-0.4, -0.2) is 5.11 Å². The number of phenolic OH excluding ortho intramolecular Hbond substituents is 1. The van der Waals surface area contributed by atoms with Gasteiger partial charge in [0, 0.05) is 10.4 Å². The molecule has 1 N–H and O–H groups in total. The van der Waals surface area contributed by atoms with Crippen molar-refractivity contribution >= 4 is 15.9 Å². The zero-order valence-electron chi connectivity index (χ0n) is 9.95. The first-order chi connectivity index (χ1) is 7.75. The summed E-state index contributed by atoms with van der Waals surface area (Å²) in [6.45, 7) is 2.23. The summed E-state index contributed by atoms with van der Waals surface area (Å²) in [6.07, 6.45) is 7.58. The second kappa shape index (κ2) is 7.72. The van der Waals surface area contributed by atoms with Crippen molar-refractivity contribution in [2.45, 2.75) is 50.3 Å². The molecule has 0 spiro atoms. The molecule has 1 aromatic rings. The molecule has 0 aliphatic rings. The van der Waals surface area contributed by atoms with Crippen molar-refractivity contribution in [1.29, 1.82) is 0 Å². The van der Waals surface area contributed by atoms with E-state index in [2.05, 4.69) is 22.9 Å². The van der Waals surface area contributed by atoms with Crippen LogP contribution in [0.1, 0.15) is 55.8 Å². The van der Waals surface area contributed by atoms with E-state index in [1.165, 1.54) is 32.1 Å². The molecule has 0 amide bonds. The van der Waals surface area contributed by atoms with E-state index in [4.69, 9.17) is 0 Å². The first-order valence-corrected chi connectivity index (χ1v) is 7.09. The van der Waals surface area contributed by atoms with Crippen LogP contribution in [0.25, 0.3) is 0 Å². The van der Waals surface area contributed by atoms with Crippen molar-refractivity contribution in [2.24, 2.45) is 0 Å². The molecule has 0 bridgehead atoms. The lowest BCUT2D eigenvalue weighted by Crippen LogP contribution is -1.91. The maximum absolute atomic E-state index is 9.69. The highest BCUT2D eigenvalue weighted by Crippen LogP contribution is 2.34. The van der Waals surface area contributed by atoms with Crippen LogP contribution in [0.3, 0.4) is 0 Å². The molecule has 16 heavy (non-hydrogen) atoms. The second-order valence-electron chi connectivity index (χ2n) is 4.23. The van der Waals surface area contributed by atoms with Crippen LogP contribution in [0.4, 0.5) is 0 Å². The lowest BCUT2D eigenvalue weighted by Gasteiger charge is -2.11. The van der Waals surface area contributed by atoms with Crippen molar-refractivity contribution in [3.63, 3.8) is 0 Å². The Bertz CT molecular complexity index is 299. The average Bonchev–Trinajstić information content (AvgIpc) is 2.29. The van der Waals surface area contributed by atoms with Crippen LogP contribution in [0.2, 0.25) is 0 Å². The molecule has 1 atom stereocenters. The van der Waals surface area contributed by atoms with Gasteiger partial charge in [-0.2, -0.15) is 0 Å². The zero-order valence-corrected chi connectivity index (χ0v) is 11.5. The molecule has 0 saturated carbocycles. The van der Waals surface area contributed by atoms with Crippen molar-refractivity contribution < 1.29 is 5.11 Å². The lowest BCUT2D eigenvalue weighted by atomic mass is 10.0. The number of alkyl halides is 1. The summed E-state index contributed by atoms with van der Waals surface area (Å²) in [5.41, 5.74) is 1.01. The van der Waals surface area contributed by atoms with Gasteiger partial charge in [-0.15, -0.1) is 0 Å². The summed E-state index contributed by atoms with van der Waals surface area (Å²) in [6, 6.07) is 7.57. The highest BCUT2D eigenvalue weighted by molar-refractivity contribution is 9.09. The molecule has 0 aromatic heterocycles. The summed E-state index contributed by atoms with van der Waals surface area (Å²) >= 11 is 3.65. The highest BCUT2D eigenvalue weighted by Gasteiger charge is 2.10. The number of para-hydroxylation sites is 1. The number of hydrogen-bond acceptors (Lipinski definition) is 1. The largest absolute Gasteiger partial charge is 0.508 e. The fourth-order valence-corrected chi connectivity index (χ4v) is 2.55. The van der Waals surface area contributed by atoms with Crippen LogP contribution < -0.4 is 0 Å². The SMILES string of the molecule is CCCCCCCC(Br)c1ccccc1O. The number of hydrogen-bond donors (Lipinski definition) is 1. The first-order valence-electron chi connectivity index (χ1n) is 6.17. The molecule has 0 radical (unpaired) electrons. The van der Waals surface area contributed by atoms with E-state index >= 15 is 0 Å². The molecule has 0 heterocycles. The van der Waals surface area contributed by atoms with Gasteiger partial charge in [-0.05, 0) is 12.5 Å². The molecule has 0 aliphatic carbocycles. The molecule has 0 aliphatic heterocycles. The monoisotopic (exact) mass is 284 g/mol. The average molecular weight is 285 g/mol. The third-order valence-electron chi connectivity index (χ3n) is 2.84. The van der Waals surface area contributed by atoms with Gasteiger partial charge in [0.1, 0.15) is 5.75 Å². The minimum absolute atomic E-state index is 0.287. The molecule has 1 nitrogen and oxygen atoms in total. The van der Waals surface area contributed by atoms with E-state index in [-0.39, 0.29) is 4.83 Å². The Kier molecular flexibility index (Phi) is 6.55. The molecule has 1 rings (SSSR count). The van der Waals surface area contributed by atoms with Crippen LogP contribution in [0.5, 0.6) is 5.75 Å². The van der Waals surface area contributed by atoms with Crippen molar-refractivity contribution in [2.75, 3.05) is 0 Å². The first kappa shape index (κ1) is 13.6. The van der Waals surface area contributed by atoms with Crippen molar-refractivity contribution in [1.82, 2.24) is 0 Å². The number of halogens is 1. The molecule has 90 valence electrons. The van der Waals surface area contributed by atoms with Crippen LogP contribution in [0, 0.1) is 0 Å². The quantitative estimate of drug-likeness (QED) is 0.540. The van der Waals surface area contributed by atoms with E-state index in [0.29, 0.717) is 5.75 Å². The van der Waals surface area contributed by atoms with Crippen LogP contribution >= 0.6 is 15.9 Å². The number of aromatic hydroxyl groups is 1. The van der Waals surface area contributed by atoms with Crippen molar-refractivity contribution in [3.05, 3.63) is 29.8 Å². The molecule has 1 aromatic carbocycles. The Morgan fingerprint density at radius 1 is 1.12 bits per heavy atom. The molecule has 2 heteroatoms. The highest BCUT2D eigenvalue weighted by atomic mass is 79.9. The number of unbranched alkanes of at least 4 members (excludes halogenated alkanes) is 4. The van der Waals surface area contributed by atoms with E-state index in [1.807, 2.05) is 18.2 Å². The number of rotatable bonds is 7. The summed E-state index contributed by atoms with van der Waals surface area (Å²) in [7, 11) is 0. The van der Waals surface area contributed by atoms with Gasteiger partial charge >= 0.3 is 0 Å². The fraction of sp³-hybridized carbons (Fsp3) is 0.571. The Morgan fingerprint density at radius 3 is 2.50 bits per heavy atom. The molecule has 1 unspecified atom stereocenters. The number of phenols is 1. The fourth-order valence-electron chi connectivity index (χ4n) is 1.84. The summed E-state index contributed by atoms with van der Waals surface area (Å²) in [4.78, 5) is 0.287.